The number of rotatable bonds is 5. The van der Waals surface area contributed by atoms with Crippen LogP contribution in [0.1, 0.15) is 35.2 Å². The summed E-state index contributed by atoms with van der Waals surface area (Å²) >= 11 is 0. The highest BCUT2D eigenvalue weighted by Crippen LogP contribution is 2.24. The molecule has 0 spiro atoms. The largest absolute Gasteiger partial charge is 0.324 e. The molecule has 0 heterocycles. The smallest absolute Gasteiger partial charge is 0.255 e. The maximum Gasteiger partial charge on any atom is 0.255 e. The number of benzene rings is 2. The van der Waals surface area contributed by atoms with E-state index in [0.29, 0.717) is 28.9 Å². The van der Waals surface area contributed by atoms with Gasteiger partial charge >= 0.3 is 0 Å². The second kappa shape index (κ2) is 8.13. The molecule has 0 saturated carbocycles. The molecule has 1 atom stereocenters. The molecule has 2 amide bonds. The van der Waals surface area contributed by atoms with Crippen LogP contribution in [0.15, 0.2) is 60.7 Å². The van der Waals surface area contributed by atoms with Crippen LogP contribution in [-0.4, -0.2) is 11.8 Å². The number of nitrogens with one attached hydrogen (secondary N) is 2. The van der Waals surface area contributed by atoms with Crippen molar-refractivity contribution >= 4 is 23.2 Å². The summed E-state index contributed by atoms with van der Waals surface area (Å²) < 4.78 is 0. The molecule has 0 aliphatic heterocycles. The molecular formula is C21H19N3O2. The summed E-state index contributed by atoms with van der Waals surface area (Å²) in [5, 5.41) is 14.5. The van der Waals surface area contributed by atoms with Crippen LogP contribution < -0.4 is 10.6 Å². The average Bonchev–Trinajstić information content (AvgIpc) is 3.16. The molecule has 130 valence electrons. The number of nitriles is 1. The lowest BCUT2D eigenvalue weighted by Gasteiger charge is -2.13. The fourth-order valence-corrected chi connectivity index (χ4v) is 2.90. The molecular weight excluding hydrogens is 326 g/mol. The van der Waals surface area contributed by atoms with E-state index in [1.807, 2.05) is 12.1 Å². The number of anilines is 2. The highest BCUT2D eigenvalue weighted by molar-refractivity contribution is 6.07. The second-order valence-corrected chi connectivity index (χ2v) is 6.21. The van der Waals surface area contributed by atoms with Crippen molar-refractivity contribution in [2.45, 2.75) is 19.3 Å². The summed E-state index contributed by atoms with van der Waals surface area (Å²) in [5.41, 5.74) is 2.05. The lowest BCUT2D eigenvalue weighted by atomic mass is 10.0. The predicted octanol–water partition coefficient (Wildman–Crippen LogP) is 4.11. The Labute approximate surface area is 152 Å². The number of hydrogen-bond donors (Lipinski definition) is 2. The van der Waals surface area contributed by atoms with Gasteiger partial charge in [0, 0.05) is 12.0 Å². The maximum absolute atomic E-state index is 12.4. The van der Waals surface area contributed by atoms with Gasteiger partial charge in [0.05, 0.1) is 23.0 Å². The van der Waals surface area contributed by atoms with Gasteiger partial charge in [-0.3, -0.25) is 9.59 Å². The molecule has 0 bridgehead atoms. The molecule has 26 heavy (non-hydrogen) atoms. The molecule has 2 aromatic carbocycles. The number of para-hydroxylation sites is 2. The molecule has 2 N–H and O–H groups in total. The summed E-state index contributed by atoms with van der Waals surface area (Å²) in [7, 11) is 0. The standard InChI is InChI=1S/C21H19N3O2/c22-14-16-9-11-17(12-10-16)21(26)24-19-8-4-3-7-18(19)23-20(25)13-15-5-1-2-6-15/h1,3-5,7-12,15H,2,6,13H2,(H,23,25)(H,24,26)/t15-/m0/s1. The zero-order valence-corrected chi connectivity index (χ0v) is 14.2. The summed E-state index contributed by atoms with van der Waals surface area (Å²) in [6, 6.07) is 15.5. The van der Waals surface area contributed by atoms with Crippen LogP contribution in [-0.2, 0) is 4.79 Å². The highest BCUT2D eigenvalue weighted by atomic mass is 16.2. The Bertz CT molecular complexity index is 879. The first-order chi connectivity index (χ1) is 12.7. The summed E-state index contributed by atoms with van der Waals surface area (Å²) in [6.07, 6.45) is 6.65. The molecule has 1 aliphatic rings. The van der Waals surface area contributed by atoms with Crippen LogP contribution >= 0.6 is 0 Å². The monoisotopic (exact) mass is 345 g/mol. The van der Waals surface area contributed by atoms with Crippen LogP contribution in [0.2, 0.25) is 0 Å². The quantitative estimate of drug-likeness (QED) is 0.800. The van der Waals surface area contributed by atoms with Gasteiger partial charge in [-0.25, -0.2) is 0 Å². The predicted molar refractivity (Wildman–Crippen MR) is 101 cm³/mol. The first-order valence-electron chi connectivity index (χ1n) is 8.53. The Balaban J connectivity index is 1.68. The van der Waals surface area contributed by atoms with Crippen LogP contribution in [0, 0.1) is 17.2 Å². The van der Waals surface area contributed by atoms with Crippen molar-refractivity contribution in [3.05, 3.63) is 71.8 Å². The van der Waals surface area contributed by atoms with Gasteiger partial charge in [0.1, 0.15) is 0 Å². The zero-order chi connectivity index (χ0) is 18.4. The van der Waals surface area contributed by atoms with E-state index in [1.165, 1.54) is 0 Å². The van der Waals surface area contributed by atoms with Gasteiger partial charge in [-0.2, -0.15) is 5.26 Å². The summed E-state index contributed by atoms with van der Waals surface area (Å²) in [5.74, 6) is -0.0769. The highest BCUT2D eigenvalue weighted by Gasteiger charge is 2.16. The third kappa shape index (κ3) is 4.37. The van der Waals surface area contributed by atoms with Crippen molar-refractivity contribution in [2.75, 3.05) is 10.6 Å². The molecule has 0 aromatic heterocycles. The lowest BCUT2D eigenvalue weighted by Crippen LogP contribution is -2.18. The van der Waals surface area contributed by atoms with Crippen molar-refractivity contribution in [1.29, 1.82) is 5.26 Å². The van der Waals surface area contributed by atoms with Gasteiger partial charge in [0.25, 0.3) is 5.91 Å². The maximum atomic E-state index is 12.4. The van der Waals surface area contributed by atoms with Crippen molar-refractivity contribution in [1.82, 2.24) is 0 Å². The Morgan fingerprint density at radius 1 is 1.04 bits per heavy atom. The van der Waals surface area contributed by atoms with Crippen molar-refractivity contribution < 1.29 is 9.59 Å². The van der Waals surface area contributed by atoms with Crippen LogP contribution in [0.25, 0.3) is 0 Å². The normalized spacial score (nSPS) is 15.3. The Morgan fingerprint density at radius 2 is 1.73 bits per heavy atom. The molecule has 5 nitrogen and oxygen atoms in total. The fourth-order valence-electron chi connectivity index (χ4n) is 2.90. The molecule has 5 heteroatoms. The van der Waals surface area contributed by atoms with E-state index >= 15 is 0 Å². The number of allylic oxidation sites excluding steroid dienone is 2. The Kier molecular flexibility index (Phi) is 5.45. The van der Waals surface area contributed by atoms with Gasteiger partial charge in [0.2, 0.25) is 5.91 Å². The zero-order valence-electron chi connectivity index (χ0n) is 14.2. The topological polar surface area (TPSA) is 82.0 Å². The lowest BCUT2D eigenvalue weighted by molar-refractivity contribution is -0.116. The van der Waals surface area contributed by atoms with E-state index in [1.54, 1.807) is 42.5 Å². The van der Waals surface area contributed by atoms with E-state index in [9.17, 15) is 9.59 Å². The van der Waals surface area contributed by atoms with E-state index in [2.05, 4.69) is 22.8 Å². The number of carbonyl (C=O) groups excluding carboxylic acids is 2. The number of amides is 2. The number of hydrogen-bond acceptors (Lipinski definition) is 3. The summed E-state index contributed by atoms with van der Waals surface area (Å²) in [6.45, 7) is 0. The minimum atomic E-state index is -0.296. The molecule has 0 radical (unpaired) electrons. The van der Waals surface area contributed by atoms with Crippen LogP contribution in [0.4, 0.5) is 11.4 Å². The van der Waals surface area contributed by atoms with Crippen molar-refractivity contribution in [3.63, 3.8) is 0 Å². The minimum absolute atomic E-state index is 0.0679. The molecule has 0 unspecified atom stereocenters. The second-order valence-electron chi connectivity index (χ2n) is 6.21. The van der Waals surface area contributed by atoms with Gasteiger partial charge in [0.15, 0.2) is 0 Å². The average molecular weight is 345 g/mol. The minimum Gasteiger partial charge on any atom is -0.324 e. The Morgan fingerprint density at radius 3 is 2.35 bits per heavy atom. The van der Waals surface area contributed by atoms with Gasteiger partial charge in [-0.05, 0) is 55.2 Å². The molecule has 0 fully saturated rings. The third-order valence-electron chi connectivity index (χ3n) is 4.29. The first kappa shape index (κ1) is 17.4. The van der Waals surface area contributed by atoms with E-state index in [4.69, 9.17) is 5.26 Å². The van der Waals surface area contributed by atoms with Crippen LogP contribution in [0.3, 0.4) is 0 Å². The van der Waals surface area contributed by atoms with Gasteiger partial charge in [-0.15, -0.1) is 0 Å². The number of nitrogens with zero attached hydrogens (tertiary/aromatic N) is 1. The van der Waals surface area contributed by atoms with E-state index in [-0.39, 0.29) is 17.7 Å². The molecule has 0 saturated heterocycles. The van der Waals surface area contributed by atoms with E-state index in [0.717, 1.165) is 12.8 Å². The third-order valence-corrected chi connectivity index (χ3v) is 4.29. The van der Waals surface area contributed by atoms with E-state index < -0.39 is 0 Å². The van der Waals surface area contributed by atoms with Crippen molar-refractivity contribution in [2.24, 2.45) is 5.92 Å². The SMILES string of the molecule is N#Cc1ccc(C(=O)Nc2ccccc2NC(=O)C[C@H]2C=CCC2)cc1. The number of carbonyl (C=O) groups is 2. The summed E-state index contributed by atoms with van der Waals surface area (Å²) in [4.78, 5) is 24.7. The molecule has 1 aliphatic carbocycles. The fraction of sp³-hybridized carbons (Fsp3) is 0.190. The molecule has 2 aromatic rings. The van der Waals surface area contributed by atoms with Gasteiger partial charge < -0.3 is 10.6 Å². The van der Waals surface area contributed by atoms with Crippen LogP contribution in [0.5, 0.6) is 0 Å². The first-order valence-corrected chi connectivity index (χ1v) is 8.53. The molecule has 3 rings (SSSR count). The van der Waals surface area contributed by atoms with Gasteiger partial charge in [-0.1, -0.05) is 24.3 Å². The van der Waals surface area contributed by atoms with Crippen molar-refractivity contribution in [3.8, 4) is 6.07 Å². The Hall–Kier alpha value is -3.39.